The first-order valence-corrected chi connectivity index (χ1v) is 8.92. The Bertz CT molecular complexity index is 915. The fourth-order valence-corrected chi connectivity index (χ4v) is 2.38. The van der Waals surface area contributed by atoms with Gasteiger partial charge in [-0.3, -0.25) is 0 Å². The zero-order valence-electron chi connectivity index (χ0n) is 16.2. The first-order chi connectivity index (χ1) is 14.1. The highest BCUT2D eigenvalue weighted by Gasteiger charge is 2.14. The predicted octanol–water partition coefficient (Wildman–Crippen LogP) is 3.92. The summed E-state index contributed by atoms with van der Waals surface area (Å²) in [7, 11) is 1.41. The molecule has 7 heteroatoms. The lowest BCUT2D eigenvalue weighted by atomic mass is 10.1. The maximum absolute atomic E-state index is 12.2. The van der Waals surface area contributed by atoms with Gasteiger partial charge in [-0.05, 0) is 36.3 Å². The van der Waals surface area contributed by atoms with Crippen LogP contribution in [0.4, 0.5) is 4.79 Å². The number of esters is 1. The Morgan fingerprint density at radius 1 is 1.07 bits per heavy atom. The zero-order valence-corrected chi connectivity index (χ0v) is 16.2. The van der Waals surface area contributed by atoms with Crippen molar-refractivity contribution in [2.24, 2.45) is 0 Å². The highest BCUT2D eigenvalue weighted by atomic mass is 16.7. The lowest BCUT2D eigenvalue weighted by Crippen LogP contribution is -2.11. The third kappa shape index (κ3) is 6.70. The fraction of sp³-hybridized carbons (Fsp3) is 0.227. The SMILES string of the molecule is CCOC(=O)Oc1ccc(C=C(C#N)C(=O)OCCc2ccccc2)cc1OC. The van der Waals surface area contributed by atoms with Gasteiger partial charge in [0.25, 0.3) is 0 Å². The first kappa shape index (κ1) is 21.5. The molecule has 0 radical (unpaired) electrons. The molecule has 29 heavy (non-hydrogen) atoms. The molecule has 0 fully saturated rings. The van der Waals surface area contributed by atoms with Crippen LogP contribution in [0, 0.1) is 11.3 Å². The third-order valence-corrected chi connectivity index (χ3v) is 3.76. The van der Waals surface area contributed by atoms with Gasteiger partial charge in [-0.2, -0.15) is 5.26 Å². The van der Waals surface area contributed by atoms with Gasteiger partial charge in [0.05, 0.1) is 20.3 Å². The number of rotatable bonds is 8. The monoisotopic (exact) mass is 395 g/mol. The standard InChI is InChI=1S/C22H21NO6/c1-3-27-22(25)29-19-10-9-17(14-20(19)26-2)13-18(15-23)21(24)28-12-11-16-7-5-4-6-8-16/h4-10,13-14H,3,11-12H2,1-2H3. The molecule has 0 aliphatic heterocycles. The number of carbonyl (C=O) groups is 2. The number of nitriles is 1. The largest absolute Gasteiger partial charge is 0.513 e. The van der Waals surface area contributed by atoms with Crippen LogP contribution in [0.15, 0.2) is 54.1 Å². The van der Waals surface area contributed by atoms with E-state index in [-0.39, 0.29) is 30.3 Å². The van der Waals surface area contributed by atoms with Crippen molar-refractivity contribution in [3.05, 3.63) is 65.2 Å². The summed E-state index contributed by atoms with van der Waals surface area (Å²) < 4.78 is 20.1. The minimum absolute atomic E-state index is 0.154. The summed E-state index contributed by atoms with van der Waals surface area (Å²) in [6, 6.07) is 16.0. The molecule has 0 aliphatic rings. The van der Waals surface area contributed by atoms with Crippen molar-refractivity contribution in [1.82, 2.24) is 0 Å². The summed E-state index contributed by atoms with van der Waals surface area (Å²) in [6.07, 6.45) is 1.08. The maximum Gasteiger partial charge on any atom is 0.513 e. The van der Waals surface area contributed by atoms with E-state index in [0.29, 0.717) is 12.0 Å². The summed E-state index contributed by atoms with van der Waals surface area (Å²) in [5.41, 5.74) is 1.39. The van der Waals surface area contributed by atoms with Crippen LogP contribution in [0.5, 0.6) is 11.5 Å². The highest BCUT2D eigenvalue weighted by molar-refractivity contribution is 5.98. The first-order valence-electron chi connectivity index (χ1n) is 8.92. The van der Waals surface area contributed by atoms with Gasteiger partial charge in [-0.25, -0.2) is 9.59 Å². The average Bonchev–Trinajstić information content (AvgIpc) is 2.73. The van der Waals surface area contributed by atoms with E-state index >= 15 is 0 Å². The van der Waals surface area contributed by atoms with Gasteiger partial charge in [-0.15, -0.1) is 0 Å². The van der Waals surface area contributed by atoms with Crippen molar-refractivity contribution in [3.8, 4) is 17.6 Å². The summed E-state index contributed by atoms with van der Waals surface area (Å²) in [5, 5.41) is 9.30. The van der Waals surface area contributed by atoms with Crippen molar-refractivity contribution in [2.75, 3.05) is 20.3 Å². The predicted molar refractivity (Wildman–Crippen MR) is 105 cm³/mol. The summed E-state index contributed by atoms with van der Waals surface area (Å²) in [6.45, 7) is 2.01. The molecule has 0 spiro atoms. The van der Waals surface area contributed by atoms with Crippen molar-refractivity contribution in [3.63, 3.8) is 0 Å². The Hall–Kier alpha value is -3.79. The van der Waals surface area contributed by atoms with Crippen LogP contribution in [0.1, 0.15) is 18.1 Å². The second-order valence-electron chi connectivity index (χ2n) is 5.74. The van der Waals surface area contributed by atoms with Crippen LogP contribution in [-0.2, 0) is 20.7 Å². The number of hydrogen-bond donors (Lipinski definition) is 0. The smallest absolute Gasteiger partial charge is 0.493 e. The van der Waals surface area contributed by atoms with Crippen LogP contribution in [0.25, 0.3) is 6.08 Å². The fourth-order valence-electron chi connectivity index (χ4n) is 2.38. The molecule has 150 valence electrons. The van der Waals surface area contributed by atoms with Gasteiger partial charge in [0.1, 0.15) is 11.6 Å². The van der Waals surface area contributed by atoms with Crippen LogP contribution >= 0.6 is 0 Å². The number of ether oxygens (including phenoxy) is 4. The molecule has 0 saturated carbocycles. The van der Waals surface area contributed by atoms with Crippen LogP contribution in [0.2, 0.25) is 0 Å². The quantitative estimate of drug-likeness (QED) is 0.289. The van der Waals surface area contributed by atoms with E-state index in [1.165, 1.54) is 25.3 Å². The Labute approximate surface area is 169 Å². The second kappa shape index (κ2) is 11.1. The van der Waals surface area contributed by atoms with Gasteiger partial charge in [-0.1, -0.05) is 36.4 Å². The normalized spacial score (nSPS) is 10.6. The topological polar surface area (TPSA) is 94.9 Å². The van der Waals surface area contributed by atoms with E-state index in [4.69, 9.17) is 18.9 Å². The molecule has 0 N–H and O–H groups in total. The van der Waals surface area contributed by atoms with E-state index in [9.17, 15) is 14.9 Å². The van der Waals surface area contributed by atoms with Gasteiger partial charge in [0.2, 0.25) is 0 Å². The molecule has 0 amide bonds. The molecule has 0 saturated heterocycles. The summed E-state index contributed by atoms with van der Waals surface area (Å²) in [5.74, 6) is -0.303. The number of hydrogen-bond acceptors (Lipinski definition) is 7. The van der Waals surface area contributed by atoms with E-state index < -0.39 is 12.1 Å². The summed E-state index contributed by atoms with van der Waals surface area (Å²) in [4.78, 5) is 23.6. The Balaban J connectivity index is 2.05. The minimum atomic E-state index is -0.853. The van der Waals surface area contributed by atoms with Gasteiger partial charge >= 0.3 is 12.1 Å². The lowest BCUT2D eigenvalue weighted by Gasteiger charge is -2.10. The molecule has 2 aromatic carbocycles. The molecule has 0 aromatic heterocycles. The van der Waals surface area contributed by atoms with E-state index in [0.717, 1.165) is 5.56 Å². The summed E-state index contributed by atoms with van der Waals surface area (Å²) >= 11 is 0. The van der Waals surface area contributed by atoms with Crippen molar-refractivity contribution in [1.29, 1.82) is 5.26 Å². The Morgan fingerprint density at radius 3 is 2.48 bits per heavy atom. The Kier molecular flexibility index (Phi) is 8.27. The number of carbonyl (C=O) groups excluding carboxylic acids is 2. The average molecular weight is 395 g/mol. The van der Waals surface area contributed by atoms with Gasteiger partial charge < -0.3 is 18.9 Å². The van der Waals surface area contributed by atoms with Crippen LogP contribution in [-0.4, -0.2) is 32.4 Å². The minimum Gasteiger partial charge on any atom is -0.493 e. The second-order valence-corrected chi connectivity index (χ2v) is 5.74. The molecule has 0 aliphatic carbocycles. The number of benzene rings is 2. The molecule has 0 atom stereocenters. The van der Waals surface area contributed by atoms with Crippen LogP contribution in [0.3, 0.4) is 0 Å². The molecular formula is C22H21NO6. The van der Waals surface area contributed by atoms with Crippen LogP contribution < -0.4 is 9.47 Å². The van der Waals surface area contributed by atoms with E-state index in [1.807, 2.05) is 36.4 Å². The van der Waals surface area contributed by atoms with Crippen molar-refractivity contribution in [2.45, 2.75) is 13.3 Å². The molecule has 0 unspecified atom stereocenters. The molecule has 2 rings (SSSR count). The highest BCUT2D eigenvalue weighted by Crippen LogP contribution is 2.29. The lowest BCUT2D eigenvalue weighted by molar-refractivity contribution is -0.138. The van der Waals surface area contributed by atoms with E-state index in [2.05, 4.69) is 0 Å². The maximum atomic E-state index is 12.2. The van der Waals surface area contributed by atoms with E-state index in [1.54, 1.807) is 13.0 Å². The van der Waals surface area contributed by atoms with Gasteiger partial charge in [0.15, 0.2) is 11.5 Å². The Morgan fingerprint density at radius 2 is 1.83 bits per heavy atom. The zero-order chi connectivity index (χ0) is 21.1. The van der Waals surface area contributed by atoms with Crippen molar-refractivity contribution >= 4 is 18.2 Å². The number of nitrogens with zero attached hydrogens (tertiary/aromatic N) is 1. The van der Waals surface area contributed by atoms with Crippen molar-refractivity contribution < 1.29 is 28.5 Å². The molecular weight excluding hydrogens is 374 g/mol. The number of methoxy groups -OCH3 is 1. The molecule has 0 bridgehead atoms. The third-order valence-electron chi connectivity index (χ3n) is 3.76. The molecule has 7 nitrogen and oxygen atoms in total. The molecule has 0 heterocycles. The molecule has 2 aromatic rings. The van der Waals surface area contributed by atoms with Gasteiger partial charge in [0, 0.05) is 6.42 Å².